The molecule has 2 aliphatic rings. The van der Waals surface area contributed by atoms with Gasteiger partial charge in [-0.2, -0.15) is 0 Å². The van der Waals surface area contributed by atoms with Gasteiger partial charge in [0.2, 0.25) is 5.91 Å². The van der Waals surface area contributed by atoms with Crippen LogP contribution in [0.5, 0.6) is 0 Å². The fourth-order valence-electron chi connectivity index (χ4n) is 4.17. The Balaban J connectivity index is 1.36. The van der Waals surface area contributed by atoms with Crippen molar-refractivity contribution in [2.45, 2.75) is 19.0 Å². The molecule has 0 unspecified atom stereocenters. The van der Waals surface area contributed by atoms with Crippen molar-refractivity contribution in [3.05, 3.63) is 58.3 Å². The van der Waals surface area contributed by atoms with Crippen LogP contribution in [0.1, 0.15) is 21.7 Å². The van der Waals surface area contributed by atoms with Crippen LogP contribution < -0.4 is 0 Å². The average molecular weight is 462 g/mol. The maximum Gasteiger partial charge on any atom is 0.253 e. The summed E-state index contributed by atoms with van der Waals surface area (Å²) < 4.78 is 24.0. The molecule has 1 aromatic heterocycles. The number of piperazine rings is 1. The van der Waals surface area contributed by atoms with Crippen molar-refractivity contribution in [1.82, 2.24) is 14.7 Å². The molecule has 0 aliphatic carbocycles. The van der Waals surface area contributed by atoms with E-state index in [0.717, 1.165) is 4.88 Å². The second-order valence-electron chi connectivity index (χ2n) is 8.09. The average Bonchev–Trinajstić information content (AvgIpc) is 3.41. The highest BCUT2D eigenvalue weighted by molar-refractivity contribution is 7.91. The van der Waals surface area contributed by atoms with Gasteiger partial charge in [0.25, 0.3) is 5.91 Å². The number of nitrogens with zero attached hydrogens (tertiary/aromatic N) is 3. The van der Waals surface area contributed by atoms with E-state index in [9.17, 15) is 18.0 Å². The number of hydrogen-bond acceptors (Lipinski definition) is 6. The summed E-state index contributed by atoms with van der Waals surface area (Å²) in [6, 6.07) is 12.9. The molecule has 4 rings (SSSR count). The SMILES string of the molecule is O=C(c1ccccc1)N1CCN(CC(=O)N(Cc2cccs2)[C@H]2CCS(=O)(=O)C2)CC1. The van der Waals surface area contributed by atoms with Crippen molar-refractivity contribution in [3.63, 3.8) is 0 Å². The Hall–Kier alpha value is -2.23. The summed E-state index contributed by atoms with van der Waals surface area (Å²) in [6.07, 6.45) is 0.499. The van der Waals surface area contributed by atoms with Crippen molar-refractivity contribution in [2.24, 2.45) is 0 Å². The molecular formula is C22H27N3O4S2. The molecule has 2 saturated heterocycles. The number of rotatable bonds is 6. The van der Waals surface area contributed by atoms with Crippen molar-refractivity contribution in [1.29, 1.82) is 0 Å². The van der Waals surface area contributed by atoms with Crippen LogP contribution >= 0.6 is 11.3 Å². The Morgan fingerprint density at radius 2 is 1.77 bits per heavy atom. The highest BCUT2D eigenvalue weighted by Gasteiger charge is 2.35. The molecule has 0 N–H and O–H groups in total. The minimum absolute atomic E-state index is 0.0158. The third kappa shape index (κ3) is 5.53. The summed E-state index contributed by atoms with van der Waals surface area (Å²) in [5.41, 5.74) is 0.677. The summed E-state index contributed by atoms with van der Waals surface area (Å²) in [5, 5.41) is 1.96. The van der Waals surface area contributed by atoms with E-state index in [2.05, 4.69) is 4.90 Å². The van der Waals surface area contributed by atoms with Gasteiger partial charge in [-0.1, -0.05) is 24.3 Å². The summed E-state index contributed by atoms with van der Waals surface area (Å²) in [7, 11) is -3.08. The minimum Gasteiger partial charge on any atom is -0.336 e. The quantitative estimate of drug-likeness (QED) is 0.655. The molecule has 0 bridgehead atoms. The number of amides is 2. The van der Waals surface area contributed by atoms with Crippen LogP contribution in [0.25, 0.3) is 0 Å². The topological polar surface area (TPSA) is 78.0 Å². The van der Waals surface area contributed by atoms with E-state index in [4.69, 9.17) is 0 Å². The van der Waals surface area contributed by atoms with Crippen LogP contribution in [0.3, 0.4) is 0 Å². The minimum atomic E-state index is -3.08. The fraction of sp³-hybridized carbons (Fsp3) is 0.455. The number of carbonyl (C=O) groups excluding carboxylic acids is 2. The third-order valence-corrected chi connectivity index (χ3v) is 8.53. The second-order valence-corrected chi connectivity index (χ2v) is 11.4. The zero-order valence-electron chi connectivity index (χ0n) is 17.4. The molecular weight excluding hydrogens is 434 g/mol. The van der Waals surface area contributed by atoms with Crippen LogP contribution in [0.15, 0.2) is 47.8 Å². The molecule has 0 radical (unpaired) electrons. The third-order valence-electron chi connectivity index (χ3n) is 5.91. The lowest BCUT2D eigenvalue weighted by atomic mass is 10.1. The molecule has 2 aromatic rings. The van der Waals surface area contributed by atoms with Crippen molar-refractivity contribution in [2.75, 3.05) is 44.2 Å². The van der Waals surface area contributed by atoms with Gasteiger partial charge in [0.1, 0.15) is 0 Å². The number of thiophene rings is 1. The zero-order valence-corrected chi connectivity index (χ0v) is 19.0. The summed E-state index contributed by atoms with van der Waals surface area (Å²) in [5.74, 6) is 0.163. The van der Waals surface area contributed by atoms with E-state index < -0.39 is 9.84 Å². The van der Waals surface area contributed by atoms with E-state index in [1.54, 1.807) is 16.2 Å². The molecule has 1 aromatic carbocycles. The number of benzene rings is 1. The second kappa shape index (κ2) is 9.50. The highest BCUT2D eigenvalue weighted by atomic mass is 32.2. The molecule has 2 amide bonds. The normalized spacial score (nSPS) is 21.2. The smallest absolute Gasteiger partial charge is 0.253 e. The molecule has 7 nitrogen and oxygen atoms in total. The van der Waals surface area contributed by atoms with Crippen molar-refractivity contribution < 1.29 is 18.0 Å². The monoisotopic (exact) mass is 461 g/mol. The highest BCUT2D eigenvalue weighted by Crippen LogP contribution is 2.22. The van der Waals surface area contributed by atoms with Crippen LogP contribution in [-0.4, -0.2) is 85.2 Å². The first-order valence-electron chi connectivity index (χ1n) is 10.5. The fourth-order valence-corrected chi connectivity index (χ4v) is 6.60. The Labute approximate surface area is 187 Å². The first-order chi connectivity index (χ1) is 14.9. The summed E-state index contributed by atoms with van der Waals surface area (Å²) >= 11 is 1.57. The van der Waals surface area contributed by atoms with E-state index >= 15 is 0 Å². The van der Waals surface area contributed by atoms with Gasteiger partial charge in [0.05, 0.1) is 24.6 Å². The Morgan fingerprint density at radius 1 is 1.03 bits per heavy atom. The molecule has 0 saturated carbocycles. The Kier molecular flexibility index (Phi) is 6.74. The van der Waals surface area contributed by atoms with Gasteiger partial charge in [0, 0.05) is 42.7 Å². The maximum absolute atomic E-state index is 13.2. The van der Waals surface area contributed by atoms with Gasteiger partial charge in [-0.25, -0.2) is 8.42 Å². The van der Waals surface area contributed by atoms with Crippen molar-refractivity contribution >= 4 is 33.0 Å². The summed E-state index contributed by atoms with van der Waals surface area (Å²) in [6.45, 7) is 3.09. The largest absolute Gasteiger partial charge is 0.336 e. The zero-order chi connectivity index (χ0) is 21.8. The molecule has 1 atom stereocenters. The molecule has 3 heterocycles. The van der Waals surface area contributed by atoms with Crippen LogP contribution in [-0.2, 0) is 21.2 Å². The molecule has 9 heteroatoms. The molecule has 166 valence electrons. The van der Waals surface area contributed by atoms with Gasteiger partial charge in [0.15, 0.2) is 9.84 Å². The number of sulfone groups is 1. The van der Waals surface area contributed by atoms with E-state index in [-0.39, 0.29) is 35.9 Å². The van der Waals surface area contributed by atoms with Gasteiger partial charge in [-0.3, -0.25) is 14.5 Å². The van der Waals surface area contributed by atoms with E-state index in [1.165, 1.54) is 0 Å². The molecule has 0 spiro atoms. The predicted octanol–water partition coefficient (Wildman–Crippen LogP) is 1.72. The molecule has 31 heavy (non-hydrogen) atoms. The van der Waals surface area contributed by atoms with Crippen LogP contribution in [0, 0.1) is 0 Å². The lowest BCUT2D eigenvalue weighted by Gasteiger charge is -2.36. The lowest BCUT2D eigenvalue weighted by molar-refractivity contribution is -0.135. The molecule has 2 aliphatic heterocycles. The van der Waals surface area contributed by atoms with Crippen LogP contribution in [0.4, 0.5) is 0 Å². The van der Waals surface area contributed by atoms with Gasteiger partial charge in [-0.15, -0.1) is 11.3 Å². The number of carbonyl (C=O) groups is 2. The Morgan fingerprint density at radius 3 is 2.39 bits per heavy atom. The van der Waals surface area contributed by atoms with E-state index in [1.807, 2.05) is 52.7 Å². The van der Waals surface area contributed by atoms with Crippen molar-refractivity contribution in [3.8, 4) is 0 Å². The van der Waals surface area contributed by atoms with Gasteiger partial charge >= 0.3 is 0 Å². The Bertz CT molecular complexity index is 1000. The summed E-state index contributed by atoms with van der Waals surface area (Å²) in [4.78, 5) is 32.5. The first kappa shape index (κ1) is 22.0. The van der Waals surface area contributed by atoms with Crippen LogP contribution in [0.2, 0.25) is 0 Å². The first-order valence-corrected chi connectivity index (χ1v) is 13.2. The maximum atomic E-state index is 13.2. The van der Waals surface area contributed by atoms with Gasteiger partial charge < -0.3 is 9.80 Å². The van der Waals surface area contributed by atoms with E-state index in [0.29, 0.717) is 44.7 Å². The predicted molar refractivity (Wildman–Crippen MR) is 121 cm³/mol. The van der Waals surface area contributed by atoms with Gasteiger partial charge in [-0.05, 0) is 30.0 Å². The lowest BCUT2D eigenvalue weighted by Crippen LogP contribution is -2.52. The standard InChI is InChI=1S/C22H27N3O4S2/c26-21(25(15-20-7-4-13-30-20)19-8-14-31(28,29)17-19)16-23-9-11-24(12-10-23)22(27)18-5-2-1-3-6-18/h1-7,13,19H,8-12,14-17H2/t19-/m0/s1. The number of hydrogen-bond donors (Lipinski definition) is 0. The molecule has 2 fully saturated rings.